The van der Waals surface area contributed by atoms with E-state index >= 15 is 0 Å². The summed E-state index contributed by atoms with van der Waals surface area (Å²) in [5.41, 5.74) is 6.31. The first-order chi connectivity index (χ1) is 7.00. The highest BCUT2D eigenvalue weighted by Crippen LogP contribution is 2.17. The van der Waals surface area contributed by atoms with Crippen molar-refractivity contribution in [3.63, 3.8) is 0 Å². The number of anilines is 1. The molecule has 0 spiro atoms. The van der Waals surface area contributed by atoms with Gasteiger partial charge in [0, 0.05) is 17.3 Å². The van der Waals surface area contributed by atoms with Crippen LogP contribution in [-0.2, 0) is 0 Å². The number of aliphatic hydroxyl groups excluding tert-OH is 1. The Bertz CT molecular complexity index is 366. The van der Waals surface area contributed by atoms with Gasteiger partial charge in [-0.2, -0.15) is 0 Å². The lowest BCUT2D eigenvalue weighted by Crippen LogP contribution is -2.31. The second-order valence-corrected chi connectivity index (χ2v) is 3.73. The number of hydrogen-bond acceptors (Lipinski definition) is 3. The molecule has 15 heavy (non-hydrogen) atoms. The molecule has 1 aromatic carbocycles. The zero-order valence-corrected chi connectivity index (χ0v) is 9.08. The lowest BCUT2D eigenvalue weighted by molar-refractivity contribution is 0.0925. The SMILES string of the molecule is C[C@H](O)CNC(=O)c1ccc(Cl)cc1N. The molecule has 1 amide bonds. The number of benzene rings is 1. The van der Waals surface area contributed by atoms with Crippen LogP contribution in [0.15, 0.2) is 18.2 Å². The summed E-state index contributed by atoms with van der Waals surface area (Å²) in [5.74, 6) is -0.315. The molecular formula is C10H13ClN2O2. The van der Waals surface area contributed by atoms with Crippen LogP contribution in [0.25, 0.3) is 0 Å². The first kappa shape index (κ1) is 11.8. The van der Waals surface area contributed by atoms with E-state index in [2.05, 4.69) is 5.32 Å². The molecule has 1 aromatic rings. The molecule has 4 N–H and O–H groups in total. The van der Waals surface area contributed by atoms with Crippen molar-refractivity contribution in [3.05, 3.63) is 28.8 Å². The molecule has 82 valence electrons. The number of hydrogen-bond donors (Lipinski definition) is 3. The number of carbonyl (C=O) groups excluding carboxylic acids is 1. The van der Waals surface area contributed by atoms with Crippen LogP contribution in [0.5, 0.6) is 0 Å². The largest absolute Gasteiger partial charge is 0.398 e. The van der Waals surface area contributed by atoms with Crippen molar-refractivity contribution in [1.82, 2.24) is 5.32 Å². The van der Waals surface area contributed by atoms with Gasteiger partial charge >= 0.3 is 0 Å². The molecule has 0 saturated heterocycles. The fourth-order valence-electron chi connectivity index (χ4n) is 1.08. The van der Waals surface area contributed by atoms with Crippen molar-refractivity contribution in [1.29, 1.82) is 0 Å². The van der Waals surface area contributed by atoms with Crippen LogP contribution < -0.4 is 11.1 Å². The van der Waals surface area contributed by atoms with Gasteiger partial charge < -0.3 is 16.2 Å². The highest BCUT2D eigenvalue weighted by atomic mass is 35.5. The minimum absolute atomic E-state index is 0.195. The Labute approximate surface area is 93.0 Å². The smallest absolute Gasteiger partial charge is 0.253 e. The van der Waals surface area contributed by atoms with E-state index in [-0.39, 0.29) is 12.5 Å². The molecule has 0 fully saturated rings. The van der Waals surface area contributed by atoms with Gasteiger partial charge in [0.1, 0.15) is 0 Å². The van der Waals surface area contributed by atoms with E-state index in [9.17, 15) is 4.79 Å². The van der Waals surface area contributed by atoms with Gasteiger partial charge in [-0.3, -0.25) is 4.79 Å². The third-order valence-electron chi connectivity index (χ3n) is 1.82. The van der Waals surface area contributed by atoms with Crippen LogP contribution in [0.2, 0.25) is 5.02 Å². The van der Waals surface area contributed by atoms with Gasteiger partial charge in [0.15, 0.2) is 0 Å². The van der Waals surface area contributed by atoms with Gasteiger partial charge in [-0.15, -0.1) is 0 Å². The number of amides is 1. The van der Waals surface area contributed by atoms with Crippen LogP contribution in [-0.4, -0.2) is 23.7 Å². The highest BCUT2D eigenvalue weighted by Gasteiger charge is 2.09. The maximum absolute atomic E-state index is 11.5. The molecule has 0 aliphatic carbocycles. The van der Waals surface area contributed by atoms with Crippen molar-refractivity contribution in [2.75, 3.05) is 12.3 Å². The highest BCUT2D eigenvalue weighted by molar-refractivity contribution is 6.31. The Morgan fingerprint density at radius 3 is 2.87 bits per heavy atom. The summed E-state index contributed by atoms with van der Waals surface area (Å²) in [7, 11) is 0. The predicted octanol–water partition coefficient (Wildman–Crippen LogP) is 1.03. The molecule has 0 heterocycles. The predicted molar refractivity (Wildman–Crippen MR) is 59.9 cm³/mol. The standard InChI is InChI=1S/C10H13ClN2O2/c1-6(14)5-13-10(15)8-3-2-7(11)4-9(8)12/h2-4,6,14H,5,12H2,1H3,(H,13,15)/t6-/m0/s1. The van der Waals surface area contributed by atoms with E-state index in [4.69, 9.17) is 22.4 Å². The van der Waals surface area contributed by atoms with Gasteiger partial charge in [-0.1, -0.05) is 11.6 Å². The number of nitrogen functional groups attached to an aromatic ring is 1. The molecule has 1 rings (SSSR count). The van der Waals surface area contributed by atoms with Crippen LogP contribution in [0.1, 0.15) is 17.3 Å². The number of rotatable bonds is 3. The lowest BCUT2D eigenvalue weighted by atomic mass is 10.1. The van der Waals surface area contributed by atoms with E-state index < -0.39 is 6.10 Å². The fraction of sp³-hybridized carbons (Fsp3) is 0.300. The Morgan fingerprint density at radius 1 is 1.67 bits per heavy atom. The minimum Gasteiger partial charge on any atom is -0.398 e. The Kier molecular flexibility index (Phi) is 3.94. The van der Waals surface area contributed by atoms with Crippen molar-refractivity contribution in [3.8, 4) is 0 Å². The van der Waals surface area contributed by atoms with Crippen molar-refractivity contribution in [2.45, 2.75) is 13.0 Å². The molecule has 0 aliphatic heterocycles. The van der Waals surface area contributed by atoms with E-state index in [0.717, 1.165) is 0 Å². The van der Waals surface area contributed by atoms with E-state index in [1.54, 1.807) is 19.1 Å². The van der Waals surface area contributed by atoms with Gasteiger partial charge in [-0.05, 0) is 25.1 Å². The van der Waals surface area contributed by atoms with Gasteiger partial charge in [0.25, 0.3) is 5.91 Å². The third-order valence-corrected chi connectivity index (χ3v) is 2.05. The maximum atomic E-state index is 11.5. The first-order valence-corrected chi connectivity index (χ1v) is 4.90. The van der Waals surface area contributed by atoms with Gasteiger partial charge in [-0.25, -0.2) is 0 Å². The summed E-state index contributed by atoms with van der Waals surface area (Å²) < 4.78 is 0. The van der Waals surface area contributed by atoms with Crippen LogP contribution in [0.3, 0.4) is 0 Å². The van der Waals surface area contributed by atoms with Crippen LogP contribution in [0.4, 0.5) is 5.69 Å². The van der Waals surface area contributed by atoms with Gasteiger partial charge in [0.2, 0.25) is 0 Å². The monoisotopic (exact) mass is 228 g/mol. The summed E-state index contributed by atoms with van der Waals surface area (Å²) in [6, 6.07) is 4.66. The Hall–Kier alpha value is -1.26. The number of aliphatic hydroxyl groups is 1. The quantitative estimate of drug-likeness (QED) is 0.677. The first-order valence-electron chi connectivity index (χ1n) is 4.52. The summed E-state index contributed by atoms with van der Waals surface area (Å²) >= 11 is 5.70. The molecular weight excluding hydrogens is 216 g/mol. The lowest BCUT2D eigenvalue weighted by Gasteiger charge is -2.08. The third kappa shape index (κ3) is 3.42. The van der Waals surface area contributed by atoms with Crippen molar-refractivity contribution in [2.24, 2.45) is 0 Å². The normalized spacial score (nSPS) is 12.2. The fourth-order valence-corrected chi connectivity index (χ4v) is 1.26. The minimum atomic E-state index is -0.581. The summed E-state index contributed by atoms with van der Waals surface area (Å²) in [6.07, 6.45) is -0.581. The Balaban J connectivity index is 2.74. The number of carbonyl (C=O) groups is 1. The van der Waals surface area contributed by atoms with Crippen LogP contribution in [0, 0.1) is 0 Å². The topological polar surface area (TPSA) is 75.3 Å². The average Bonchev–Trinajstić information content (AvgIpc) is 2.14. The molecule has 5 heteroatoms. The Morgan fingerprint density at radius 2 is 2.33 bits per heavy atom. The van der Waals surface area contributed by atoms with Crippen LogP contribution >= 0.6 is 11.6 Å². The van der Waals surface area contributed by atoms with E-state index in [1.165, 1.54) is 6.07 Å². The molecule has 0 bridgehead atoms. The molecule has 0 aliphatic rings. The average molecular weight is 229 g/mol. The molecule has 0 saturated carbocycles. The van der Waals surface area contributed by atoms with Gasteiger partial charge in [0.05, 0.1) is 11.7 Å². The zero-order valence-electron chi connectivity index (χ0n) is 8.33. The van der Waals surface area contributed by atoms with E-state index in [0.29, 0.717) is 16.3 Å². The van der Waals surface area contributed by atoms with Crippen molar-refractivity contribution < 1.29 is 9.90 Å². The number of halogens is 1. The molecule has 0 radical (unpaired) electrons. The molecule has 0 aromatic heterocycles. The summed E-state index contributed by atoms with van der Waals surface area (Å²) in [4.78, 5) is 11.5. The zero-order chi connectivity index (χ0) is 11.4. The second-order valence-electron chi connectivity index (χ2n) is 3.29. The summed E-state index contributed by atoms with van der Waals surface area (Å²) in [5, 5.41) is 12.0. The molecule has 1 atom stereocenters. The molecule has 4 nitrogen and oxygen atoms in total. The number of nitrogens with two attached hydrogens (primary N) is 1. The van der Waals surface area contributed by atoms with Crippen molar-refractivity contribution >= 4 is 23.2 Å². The number of nitrogens with one attached hydrogen (secondary N) is 1. The maximum Gasteiger partial charge on any atom is 0.253 e. The van der Waals surface area contributed by atoms with E-state index in [1.807, 2.05) is 0 Å². The second kappa shape index (κ2) is 5.00. The molecule has 0 unspecified atom stereocenters. The summed E-state index contributed by atoms with van der Waals surface area (Å²) in [6.45, 7) is 1.78.